The van der Waals surface area contributed by atoms with Gasteiger partial charge in [-0.1, -0.05) is 44.2 Å². The summed E-state index contributed by atoms with van der Waals surface area (Å²) in [6.07, 6.45) is 4.55. The number of alkyl carbamates (subject to hydrolysis) is 1. The van der Waals surface area contributed by atoms with Gasteiger partial charge in [0.15, 0.2) is 0 Å². The standard InChI is InChI=1S/C38H48N4O9S/c1-4-27-21-38(27,36(45)41-52(47,48)30-15-16-30)40-34(43)31-20-29-22-42(31)35(44)33(24(2)3)39-37(46)49-18-10-6-7-11-25-14-17-32(26(19-25)23-50-29)51-28-12-8-5-9-13-28/h4-5,8-9,12-14,17,19,24,27,29-31,33H,1,6-7,10-11,15-16,18,20-23H2,2-3H3,(H,39,46)(H,40,43)(H,41,45)/t27-,29-,31+,33+,38-/m1/s1. The molecule has 52 heavy (non-hydrogen) atoms. The van der Waals surface area contributed by atoms with Gasteiger partial charge >= 0.3 is 6.09 Å². The maximum absolute atomic E-state index is 14.2. The summed E-state index contributed by atoms with van der Waals surface area (Å²) in [5.41, 5.74) is 0.375. The zero-order chi connectivity index (χ0) is 37.0. The molecule has 0 unspecified atom stereocenters. The van der Waals surface area contributed by atoms with Gasteiger partial charge in [-0.25, -0.2) is 13.2 Å². The molecule has 2 aromatic carbocycles. The van der Waals surface area contributed by atoms with Gasteiger partial charge in [0.2, 0.25) is 21.8 Å². The fourth-order valence-electron chi connectivity index (χ4n) is 6.89. The van der Waals surface area contributed by atoms with Crippen LogP contribution in [0.25, 0.3) is 0 Å². The summed E-state index contributed by atoms with van der Waals surface area (Å²) in [6.45, 7) is 7.70. The van der Waals surface area contributed by atoms with E-state index >= 15 is 0 Å². The second-order valence-corrected chi connectivity index (χ2v) is 16.5. The molecule has 13 nitrogen and oxygen atoms in total. The number of rotatable bonds is 9. The number of nitrogens with zero attached hydrogens (tertiary/aromatic N) is 1. The first-order valence-corrected chi connectivity index (χ1v) is 19.7. The third-order valence-corrected chi connectivity index (χ3v) is 12.0. The number of benzene rings is 2. The molecular weight excluding hydrogens is 689 g/mol. The lowest BCUT2D eigenvalue weighted by Crippen LogP contribution is -2.59. The number of amides is 4. The van der Waals surface area contributed by atoms with Gasteiger partial charge in [-0.15, -0.1) is 6.58 Å². The number of carbonyl (C=O) groups is 4. The van der Waals surface area contributed by atoms with Crippen molar-refractivity contribution in [2.45, 2.75) is 101 Å². The Morgan fingerprint density at radius 2 is 1.87 bits per heavy atom. The summed E-state index contributed by atoms with van der Waals surface area (Å²) >= 11 is 0. The van der Waals surface area contributed by atoms with E-state index in [0.29, 0.717) is 30.8 Å². The van der Waals surface area contributed by atoms with Crippen LogP contribution in [0, 0.1) is 11.8 Å². The molecule has 6 rings (SSSR count). The van der Waals surface area contributed by atoms with Crippen molar-refractivity contribution in [3.63, 3.8) is 0 Å². The number of sulfonamides is 1. The summed E-state index contributed by atoms with van der Waals surface area (Å²) in [5, 5.41) is 4.87. The van der Waals surface area contributed by atoms with Gasteiger partial charge in [0.1, 0.15) is 29.1 Å². The van der Waals surface area contributed by atoms with Crippen molar-refractivity contribution in [3.05, 3.63) is 72.3 Å². The lowest BCUT2D eigenvalue weighted by atomic mass is 10.0. The fourth-order valence-corrected chi connectivity index (χ4v) is 8.25. The number of aryl methyl sites for hydroxylation is 1. The highest BCUT2D eigenvalue weighted by molar-refractivity contribution is 7.91. The number of hydrogen-bond donors (Lipinski definition) is 3. The van der Waals surface area contributed by atoms with E-state index in [-0.39, 0.29) is 38.5 Å². The van der Waals surface area contributed by atoms with Crippen LogP contribution < -0.4 is 20.1 Å². The summed E-state index contributed by atoms with van der Waals surface area (Å²) in [5.74, 6) is -1.51. The molecule has 2 aliphatic heterocycles. The van der Waals surface area contributed by atoms with Crippen LogP contribution in [-0.4, -0.2) is 79.3 Å². The van der Waals surface area contributed by atoms with E-state index in [1.165, 1.54) is 11.0 Å². The van der Waals surface area contributed by atoms with Crippen LogP contribution in [0.1, 0.15) is 69.9 Å². The Hall–Kier alpha value is -4.43. The predicted molar refractivity (Wildman–Crippen MR) is 192 cm³/mol. The van der Waals surface area contributed by atoms with Crippen molar-refractivity contribution < 1.29 is 41.8 Å². The minimum Gasteiger partial charge on any atom is -0.457 e. The molecule has 2 heterocycles. The third-order valence-electron chi connectivity index (χ3n) is 10.2. The molecule has 0 radical (unpaired) electrons. The van der Waals surface area contributed by atoms with Crippen LogP contribution in [-0.2, 0) is 46.9 Å². The van der Waals surface area contributed by atoms with Gasteiger partial charge in [0.25, 0.3) is 5.91 Å². The average Bonchev–Trinajstić information content (AvgIpc) is 4.05. The largest absolute Gasteiger partial charge is 0.457 e. The molecule has 2 aromatic rings. The molecule has 0 aromatic heterocycles. The topological polar surface area (TPSA) is 169 Å². The Labute approximate surface area is 304 Å². The van der Waals surface area contributed by atoms with E-state index in [4.69, 9.17) is 14.2 Å². The van der Waals surface area contributed by atoms with Crippen LogP contribution in [0.5, 0.6) is 11.5 Å². The predicted octanol–water partition coefficient (Wildman–Crippen LogP) is 4.11. The lowest BCUT2D eigenvalue weighted by Gasteiger charge is -2.31. The molecule has 4 aliphatic rings. The number of hydrogen-bond acceptors (Lipinski definition) is 9. The highest BCUT2D eigenvalue weighted by atomic mass is 32.2. The monoisotopic (exact) mass is 736 g/mol. The highest BCUT2D eigenvalue weighted by Crippen LogP contribution is 2.45. The number of nitrogens with one attached hydrogen (secondary N) is 3. The first kappa shape index (κ1) is 37.3. The Bertz CT molecular complexity index is 1780. The molecule has 5 atom stereocenters. The summed E-state index contributed by atoms with van der Waals surface area (Å²) < 4.78 is 45.6. The highest BCUT2D eigenvalue weighted by Gasteiger charge is 2.62. The molecular formula is C38H48N4O9S. The van der Waals surface area contributed by atoms with Crippen molar-refractivity contribution in [1.82, 2.24) is 20.3 Å². The summed E-state index contributed by atoms with van der Waals surface area (Å²) in [7, 11) is -3.88. The fraction of sp³-hybridized carbons (Fsp3) is 0.526. The van der Waals surface area contributed by atoms with Gasteiger partial charge < -0.3 is 29.7 Å². The first-order chi connectivity index (χ1) is 24.9. The molecule has 4 bridgehead atoms. The third kappa shape index (κ3) is 8.60. The van der Waals surface area contributed by atoms with Gasteiger partial charge in [0.05, 0.1) is 24.6 Å². The lowest BCUT2D eigenvalue weighted by molar-refractivity contribution is -0.141. The van der Waals surface area contributed by atoms with Gasteiger partial charge in [-0.05, 0) is 80.7 Å². The maximum atomic E-state index is 14.2. The minimum atomic E-state index is -3.88. The number of carbonyl (C=O) groups excluding carboxylic acids is 4. The number of ether oxygens (including phenoxy) is 3. The summed E-state index contributed by atoms with van der Waals surface area (Å²) in [6, 6.07) is 13.3. The molecule has 3 N–H and O–H groups in total. The van der Waals surface area contributed by atoms with Crippen molar-refractivity contribution in [2.24, 2.45) is 11.8 Å². The molecule has 2 saturated carbocycles. The van der Waals surface area contributed by atoms with Crippen LogP contribution in [0.3, 0.4) is 0 Å². The number of cyclic esters (lactones) is 1. The van der Waals surface area contributed by atoms with Crippen molar-refractivity contribution in [2.75, 3.05) is 13.2 Å². The Balaban J connectivity index is 1.27. The van der Waals surface area contributed by atoms with Crippen molar-refractivity contribution in [1.29, 1.82) is 0 Å². The minimum absolute atomic E-state index is 0.0333. The second-order valence-electron chi connectivity index (χ2n) is 14.5. The Morgan fingerprint density at radius 3 is 2.56 bits per heavy atom. The van der Waals surface area contributed by atoms with Crippen LogP contribution >= 0.6 is 0 Å². The van der Waals surface area contributed by atoms with E-state index in [1.54, 1.807) is 13.8 Å². The SMILES string of the molecule is C=C[C@@H]1C[C@]1(NC(=O)[C@@H]1C[C@@H]2CN1C(=O)[C@H](C(C)C)NC(=O)OCCCCCc1ccc(Oc3ccccc3)c(c1)CO2)C(=O)NS(=O)(=O)C1CC1. The number of para-hydroxylation sites is 1. The van der Waals surface area contributed by atoms with Crippen LogP contribution in [0.4, 0.5) is 4.79 Å². The van der Waals surface area contributed by atoms with Crippen LogP contribution in [0.15, 0.2) is 61.2 Å². The van der Waals surface area contributed by atoms with Gasteiger partial charge in [0, 0.05) is 24.4 Å². The van der Waals surface area contributed by atoms with E-state index < -0.39 is 68.7 Å². The van der Waals surface area contributed by atoms with E-state index in [0.717, 1.165) is 30.4 Å². The first-order valence-electron chi connectivity index (χ1n) is 18.1. The maximum Gasteiger partial charge on any atom is 0.407 e. The Morgan fingerprint density at radius 1 is 1.10 bits per heavy atom. The zero-order valence-electron chi connectivity index (χ0n) is 29.7. The van der Waals surface area contributed by atoms with E-state index in [1.807, 2.05) is 48.5 Å². The van der Waals surface area contributed by atoms with E-state index in [2.05, 4.69) is 21.9 Å². The molecule has 14 heteroatoms. The molecule has 0 spiro atoms. The second kappa shape index (κ2) is 15.7. The molecule has 280 valence electrons. The quantitative estimate of drug-likeness (QED) is 0.321. The van der Waals surface area contributed by atoms with Gasteiger partial charge in [-0.2, -0.15) is 0 Å². The van der Waals surface area contributed by atoms with Crippen molar-refractivity contribution in [3.8, 4) is 11.5 Å². The molecule has 1 saturated heterocycles. The van der Waals surface area contributed by atoms with E-state index in [9.17, 15) is 27.6 Å². The molecule has 4 amide bonds. The smallest absolute Gasteiger partial charge is 0.407 e. The number of fused-ring (bicyclic) bond motifs is 4. The summed E-state index contributed by atoms with van der Waals surface area (Å²) in [4.78, 5) is 56.0. The molecule has 2 aliphatic carbocycles. The Kier molecular flexibility index (Phi) is 11.2. The normalized spacial score (nSPS) is 27.0. The average molecular weight is 737 g/mol. The van der Waals surface area contributed by atoms with Crippen LogP contribution in [0.2, 0.25) is 0 Å². The van der Waals surface area contributed by atoms with Gasteiger partial charge in [-0.3, -0.25) is 19.1 Å². The van der Waals surface area contributed by atoms with Crippen molar-refractivity contribution >= 4 is 33.8 Å². The zero-order valence-corrected chi connectivity index (χ0v) is 30.5. The molecule has 3 fully saturated rings.